The molecule has 132 valence electrons. The van der Waals surface area contributed by atoms with E-state index < -0.39 is 11.9 Å². The highest BCUT2D eigenvalue weighted by atomic mass is 127. The molecule has 0 aliphatic carbocycles. The van der Waals surface area contributed by atoms with Gasteiger partial charge in [0.25, 0.3) is 0 Å². The molecule has 0 aliphatic rings. The third kappa shape index (κ3) is 4.91. The summed E-state index contributed by atoms with van der Waals surface area (Å²) in [6.45, 7) is 0. The highest BCUT2D eigenvalue weighted by Crippen LogP contribution is 2.31. The van der Waals surface area contributed by atoms with Crippen molar-refractivity contribution in [2.45, 2.75) is 6.18 Å². The van der Waals surface area contributed by atoms with Crippen LogP contribution in [0.15, 0.2) is 36.0 Å². The molecule has 0 atom stereocenters. The van der Waals surface area contributed by atoms with Gasteiger partial charge >= 0.3 is 6.18 Å². The Kier molecular flexibility index (Phi) is 5.98. The Morgan fingerprint density at radius 2 is 1.88 bits per heavy atom. The molecule has 0 saturated carbocycles. The van der Waals surface area contributed by atoms with Crippen molar-refractivity contribution in [3.05, 3.63) is 47.5 Å². The van der Waals surface area contributed by atoms with Gasteiger partial charge < -0.3 is 10.1 Å². The number of likely N-dealkylation sites (N-methyl/N-ethyl adjacent to an activating group) is 1. The van der Waals surface area contributed by atoms with Crippen LogP contribution in [-0.2, 0) is 11.0 Å². The Morgan fingerprint density at radius 3 is 2.36 bits per heavy atom. The molecule has 1 aromatic heterocycles. The number of benzene rings is 1. The van der Waals surface area contributed by atoms with E-state index in [-0.39, 0.29) is 21.0 Å². The third-order valence-electron chi connectivity index (χ3n) is 3.17. The smallest absolute Gasteiger partial charge is 0.433 e. The van der Waals surface area contributed by atoms with Crippen molar-refractivity contribution in [3.8, 4) is 17.0 Å². The van der Waals surface area contributed by atoms with Crippen LogP contribution in [0.1, 0.15) is 11.5 Å². The predicted molar refractivity (Wildman–Crippen MR) is 95.1 cm³/mol. The molecule has 0 amide bonds. The largest absolute Gasteiger partial charge is 0.497 e. The van der Waals surface area contributed by atoms with Crippen molar-refractivity contribution in [3.63, 3.8) is 0 Å². The van der Waals surface area contributed by atoms with Gasteiger partial charge in [-0.1, -0.05) is 0 Å². The van der Waals surface area contributed by atoms with Crippen LogP contribution in [0.3, 0.4) is 0 Å². The minimum atomic E-state index is -4.64. The van der Waals surface area contributed by atoms with Crippen LogP contribution in [-0.4, -0.2) is 27.9 Å². The summed E-state index contributed by atoms with van der Waals surface area (Å²) >= 11 is 1.52. The second kappa shape index (κ2) is 7.81. The fraction of sp³-hybridized carbons (Fsp3) is 0.188. The molecule has 1 aromatic carbocycles. The Morgan fingerprint density at radius 1 is 1.24 bits per heavy atom. The van der Waals surface area contributed by atoms with Gasteiger partial charge in [-0.15, -0.1) is 0 Å². The fourth-order valence-corrected chi connectivity index (χ4v) is 2.37. The molecule has 1 N–H and O–H groups in total. The highest BCUT2D eigenvalue weighted by molar-refractivity contribution is 14.1. The van der Waals surface area contributed by atoms with Crippen LogP contribution in [0, 0.1) is 0 Å². The van der Waals surface area contributed by atoms with E-state index in [9.17, 15) is 18.0 Å². The van der Waals surface area contributed by atoms with Gasteiger partial charge in [0, 0.05) is 41.3 Å². The molecule has 0 saturated heterocycles. The predicted octanol–water partition coefficient (Wildman–Crippen LogP) is 3.69. The summed E-state index contributed by atoms with van der Waals surface area (Å²) in [5.74, 6) is 0.358. The number of carbonyl (C=O) groups excluding carboxylic acids is 1. The van der Waals surface area contributed by atoms with Gasteiger partial charge in [0.2, 0.25) is 3.79 Å². The lowest BCUT2D eigenvalue weighted by Gasteiger charge is -2.10. The molecule has 0 aliphatic heterocycles. The molecule has 0 fully saturated rings. The topological polar surface area (TPSA) is 64.1 Å². The van der Waals surface area contributed by atoms with Gasteiger partial charge in [0.1, 0.15) is 11.4 Å². The van der Waals surface area contributed by atoms with Crippen molar-refractivity contribution in [1.29, 1.82) is 0 Å². The van der Waals surface area contributed by atoms with Gasteiger partial charge in [-0.25, -0.2) is 9.97 Å². The number of rotatable bonds is 5. The second-order valence-electron chi connectivity index (χ2n) is 4.80. The Bertz CT molecular complexity index is 805. The molecule has 2 rings (SSSR count). The zero-order valence-electron chi connectivity index (χ0n) is 13.2. The summed E-state index contributed by atoms with van der Waals surface area (Å²) in [7, 11) is 2.98. The van der Waals surface area contributed by atoms with E-state index in [1.807, 2.05) is 0 Å². The van der Waals surface area contributed by atoms with E-state index in [2.05, 4.69) is 15.3 Å². The molecule has 25 heavy (non-hydrogen) atoms. The number of methoxy groups -OCH3 is 1. The monoisotopic (exact) mass is 463 g/mol. The average molecular weight is 463 g/mol. The molecule has 0 bridgehead atoms. The number of nitrogens with one attached hydrogen (secondary N) is 1. The number of ether oxygens (including phenoxy) is 1. The standard InChI is InChI=1S/C16H13F3IN3O2/c1-21-12(15(20)24)8-14-22-11(7-13(23-14)16(17,18)19)9-3-5-10(25-2)6-4-9/h3-8,21H,1-2H3/b12-8-. The SMILES string of the molecule is CN/C(=C\c1nc(-c2ccc(OC)cc2)cc(C(F)(F)F)n1)C(=O)I. The zero-order valence-corrected chi connectivity index (χ0v) is 15.3. The van der Waals surface area contributed by atoms with E-state index in [1.54, 1.807) is 24.3 Å². The zero-order chi connectivity index (χ0) is 18.6. The number of halogens is 4. The van der Waals surface area contributed by atoms with Crippen molar-refractivity contribution < 1.29 is 22.7 Å². The number of aromatic nitrogens is 2. The quantitative estimate of drug-likeness (QED) is 0.417. The van der Waals surface area contributed by atoms with Gasteiger partial charge in [0.15, 0.2) is 5.82 Å². The molecule has 9 heteroatoms. The third-order valence-corrected chi connectivity index (χ3v) is 3.76. The Hall–Kier alpha value is -2.17. The van der Waals surface area contributed by atoms with E-state index in [0.29, 0.717) is 11.3 Å². The van der Waals surface area contributed by atoms with E-state index in [4.69, 9.17) is 4.74 Å². The van der Waals surface area contributed by atoms with E-state index in [0.717, 1.165) is 6.07 Å². The Balaban J connectivity index is 2.59. The number of alkyl halides is 3. The maximum Gasteiger partial charge on any atom is 0.433 e. The molecular weight excluding hydrogens is 450 g/mol. The fourth-order valence-electron chi connectivity index (χ4n) is 1.94. The lowest BCUT2D eigenvalue weighted by molar-refractivity contribution is -0.141. The van der Waals surface area contributed by atoms with Crippen molar-refractivity contribution in [2.75, 3.05) is 14.2 Å². The first kappa shape index (κ1) is 19.2. The van der Waals surface area contributed by atoms with Gasteiger partial charge in [0.05, 0.1) is 18.5 Å². The van der Waals surface area contributed by atoms with Crippen molar-refractivity contribution in [2.24, 2.45) is 0 Å². The first-order valence-corrected chi connectivity index (χ1v) is 8.02. The summed E-state index contributed by atoms with van der Waals surface area (Å²) in [6.07, 6.45) is -3.46. The van der Waals surface area contributed by atoms with Gasteiger partial charge in [-0.2, -0.15) is 13.2 Å². The molecule has 0 radical (unpaired) electrons. The number of hydrogen-bond acceptors (Lipinski definition) is 5. The summed E-state index contributed by atoms with van der Waals surface area (Å²) in [4.78, 5) is 19.1. The lowest BCUT2D eigenvalue weighted by Crippen LogP contribution is -2.13. The average Bonchev–Trinajstić information content (AvgIpc) is 2.58. The summed E-state index contributed by atoms with van der Waals surface area (Å²) < 4.78 is 44.1. The highest BCUT2D eigenvalue weighted by Gasteiger charge is 2.33. The van der Waals surface area contributed by atoms with Gasteiger partial charge in [-0.3, -0.25) is 4.79 Å². The summed E-state index contributed by atoms with van der Waals surface area (Å²) in [5.41, 5.74) is -0.431. The number of allylic oxidation sites excluding steroid dienone is 1. The maximum atomic E-state index is 13.1. The molecule has 5 nitrogen and oxygen atoms in total. The van der Waals surface area contributed by atoms with Gasteiger partial charge in [-0.05, 0) is 30.3 Å². The first-order chi connectivity index (χ1) is 11.7. The molecule has 2 aromatic rings. The van der Waals surface area contributed by atoms with Crippen LogP contribution in [0.5, 0.6) is 5.75 Å². The van der Waals surface area contributed by atoms with Crippen LogP contribution >= 0.6 is 22.6 Å². The van der Waals surface area contributed by atoms with Crippen LogP contribution in [0.2, 0.25) is 0 Å². The molecule has 1 heterocycles. The molecule has 0 spiro atoms. The number of hydrogen-bond donors (Lipinski definition) is 1. The lowest BCUT2D eigenvalue weighted by atomic mass is 10.1. The summed E-state index contributed by atoms with van der Waals surface area (Å²) in [6, 6.07) is 7.29. The first-order valence-electron chi connectivity index (χ1n) is 6.94. The maximum absolute atomic E-state index is 13.1. The normalized spacial score (nSPS) is 12.0. The molecule has 0 unspecified atom stereocenters. The minimum absolute atomic E-state index is 0.0904. The van der Waals surface area contributed by atoms with Crippen LogP contribution in [0.4, 0.5) is 13.2 Å². The minimum Gasteiger partial charge on any atom is -0.497 e. The second-order valence-corrected chi connectivity index (χ2v) is 5.78. The Labute approximate surface area is 155 Å². The van der Waals surface area contributed by atoms with E-state index >= 15 is 0 Å². The van der Waals surface area contributed by atoms with Crippen molar-refractivity contribution in [1.82, 2.24) is 15.3 Å². The number of nitrogens with zero attached hydrogens (tertiary/aromatic N) is 2. The molecular formula is C16H13F3IN3O2. The van der Waals surface area contributed by atoms with Crippen LogP contribution < -0.4 is 10.1 Å². The van der Waals surface area contributed by atoms with E-state index in [1.165, 1.54) is 42.8 Å². The summed E-state index contributed by atoms with van der Waals surface area (Å²) in [5, 5.41) is 2.61. The number of carbonyl (C=O) groups is 1. The van der Waals surface area contributed by atoms with Crippen molar-refractivity contribution >= 4 is 32.5 Å². The van der Waals surface area contributed by atoms with Crippen LogP contribution in [0.25, 0.3) is 17.3 Å².